The van der Waals surface area contributed by atoms with Gasteiger partial charge in [0.2, 0.25) is 0 Å². The Balaban J connectivity index is 1.29. The van der Waals surface area contributed by atoms with E-state index in [0.29, 0.717) is 13.2 Å². The maximum Gasteiger partial charge on any atom is 0.147 e. The van der Waals surface area contributed by atoms with Crippen molar-refractivity contribution in [2.75, 3.05) is 13.2 Å². The molecule has 12 heteroatoms. The topological polar surface area (TPSA) is 18.5 Å². The van der Waals surface area contributed by atoms with Gasteiger partial charge in [-0.2, -0.15) is 0 Å². The minimum absolute atomic E-state index is 0.262. The molecule has 4 aromatic rings. The fraction of sp³-hybridized carbons (Fsp3) is 0.510. The molecule has 0 aromatic heterocycles. The Hall–Kier alpha value is -0.299. The Morgan fingerprint density at radius 1 is 0.426 bits per heavy atom. The van der Waals surface area contributed by atoms with Crippen LogP contribution < -0.4 is 40.6 Å². The van der Waals surface area contributed by atoms with E-state index >= 15 is 0 Å². The fourth-order valence-electron chi connectivity index (χ4n) is 7.80. The van der Waals surface area contributed by atoms with Crippen LogP contribution in [0.1, 0.15) is 63.5 Å². The van der Waals surface area contributed by atoms with Crippen molar-refractivity contribution in [2.24, 2.45) is 0 Å². The van der Waals surface area contributed by atoms with Crippen molar-refractivity contribution in [3.8, 4) is 11.5 Å². The molecule has 0 atom stereocenters. The molecular weight excluding hydrogens is 1110 g/mol. The fourth-order valence-corrected chi connectivity index (χ4v) is 20.1. The van der Waals surface area contributed by atoms with Gasteiger partial charge in [-0.3, -0.25) is 0 Å². The van der Waals surface area contributed by atoms with Gasteiger partial charge in [-0.15, -0.1) is 0 Å². The predicted molar refractivity (Wildman–Crippen MR) is 300 cm³/mol. The summed E-state index contributed by atoms with van der Waals surface area (Å²) in [4.78, 5) is 0. The zero-order valence-electron chi connectivity index (χ0n) is 39.7. The number of rotatable bonds is 22. The van der Waals surface area contributed by atoms with Gasteiger partial charge >= 0.3 is 0 Å². The van der Waals surface area contributed by atoms with Gasteiger partial charge in [0.1, 0.15) is 11.5 Å². The SMILES string of the molecule is C[Si](C)c1cc([Si](C)C)cc([Si](C)(C)CCCCCOc2c(Br)cc(C(C)(C)c3cc(Br)c(OCCCCC[Si](C)(C)c4cc([Si](C)C)cc([Si](C)C)c4)c(Br)c3)cc2Br)c1. The second-order valence-corrected chi connectivity index (χ2v) is 43.3. The van der Waals surface area contributed by atoms with E-state index in [0.717, 1.165) is 42.2 Å². The molecule has 4 aromatic carbocycles. The first-order valence-corrected chi connectivity index (χ1v) is 41.8. The van der Waals surface area contributed by atoms with Crippen LogP contribution in [0, 0.1) is 0 Å². The van der Waals surface area contributed by atoms with Gasteiger partial charge in [0, 0.05) is 5.41 Å². The molecule has 332 valence electrons. The van der Waals surface area contributed by atoms with Crippen LogP contribution in [0.2, 0.25) is 90.7 Å². The molecule has 0 bridgehead atoms. The van der Waals surface area contributed by atoms with E-state index in [4.69, 9.17) is 9.47 Å². The molecule has 4 radical (unpaired) electrons. The lowest BCUT2D eigenvalue weighted by Crippen LogP contribution is -2.47. The molecule has 0 spiro atoms. The standard InChI is InChI=1S/C49H72Br4O2Si6/c1-49(2,35-25-43(50)47(44(51)26-35)54-21-17-15-19-23-60(11,12)41-31-37(56(3)4)29-38(32-41)57(5)6)36-27-45(52)48(46(53)28-36)55-22-18-16-20-24-61(13,14)42-33-39(58(7)8)30-40(34-42)59(9)10/h25-34H,15-24H2,1-14H3. The Morgan fingerprint density at radius 3 is 0.967 bits per heavy atom. The summed E-state index contributed by atoms with van der Waals surface area (Å²) in [7, 11) is -4.83. The third kappa shape index (κ3) is 14.8. The smallest absolute Gasteiger partial charge is 0.147 e. The molecule has 0 unspecified atom stereocenters. The highest BCUT2D eigenvalue weighted by molar-refractivity contribution is 9.11. The van der Waals surface area contributed by atoms with Gasteiger partial charge in [0.25, 0.3) is 0 Å². The van der Waals surface area contributed by atoms with Crippen LogP contribution in [0.3, 0.4) is 0 Å². The zero-order chi connectivity index (χ0) is 45.4. The van der Waals surface area contributed by atoms with E-state index in [9.17, 15) is 0 Å². The molecule has 2 nitrogen and oxygen atoms in total. The van der Waals surface area contributed by atoms with Crippen LogP contribution in [0.4, 0.5) is 0 Å². The van der Waals surface area contributed by atoms with Gasteiger partial charge < -0.3 is 9.47 Å². The van der Waals surface area contributed by atoms with E-state index in [-0.39, 0.29) is 5.41 Å². The average molecular weight is 1180 g/mol. The lowest BCUT2D eigenvalue weighted by atomic mass is 9.78. The monoisotopic (exact) mass is 1180 g/mol. The van der Waals surface area contributed by atoms with Crippen LogP contribution in [-0.2, 0) is 5.41 Å². The van der Waals surface area contributed by atoms with Gasteiger partial charge in [0.15, 0.2) is 0 Å². The first-order chi connectivity index (χ1) is 28.4. The minimum Gasteiger partial charge on any atom is -0.491 e. The summed E-state index contributed by atoms with van der Waals surface area (Å²) < 4.78 is 16.7. The molecule has 0 amide bonds. The highest BCUT2D eigenvalue weighted by atomic mass is 79.9. The largest absolute Gasteiger partial charge is 0.491 e. The summed E-state index contributed by atoms with van der Waals surface area (Å²) in [5, 5.41) is 9.79. The van der Waals surface area contributed by atoms with Crippen molar-refractivity contribution >= 4 is 146 Å². The highest BCUT2D eigenvalue weighted by Crippen LogP contribution is 2.44. The Morgan fingerprint density at radius 2 is 0.705 bits per heavy atom. The number of ether oxygens (including phenoxy) is 2. The molecule has 0 saturated heterocycles. The minimum atomic E-state index is -1.51. The third-order valence-corrected chi connectivity index (χ3v) is 27.6. The molecule has 0 N–H and O–H groups in total. The van der Waals surface area contributed by atoms with Crippen LogP contribution in [0.25, 0.3) is 0 Å². The molecule has 4 rings (SSSR count). The van der Waals surface area contributed by atoms with Crippen molar-refractivity contribution in [3.05, 3.63) is 89.7 Å². The summed E-state index contributed by atoms with van der Waals surface area (Å²) in [6.45, 7) is 35.7. The van der Waals surface area contributed by atoms with Crippen molar-refractivity contribution in [3.63, 3.8) is 0 Å². The second kappa shape index (κ2) is 23.4. The van der Waals surface area contributed by atoms with Crippen molar-refractivity contribution < 1.29 is 9.47 Å². The van der Waals surface area contributed by atoms with E-state index in [1.165, 1.54) is 48.9 Å². The number of benzene rings is 4. The van der Waals surface area contributed by atoms with Crippen molar-refractivity contribution in [1.29, 1.82) is 0 Å². The molecule has 0 saturated carbocycles. The summed E-state index contributed by atoms with van der Waals surface area (Å²) in [5.74, 6) is 1.76. The number of hydrogen-bond donors (Lipinski definition) is 0. The van der Waals surface area contributed by atoms with Gasteiger partial charge in [0.05, 0.1) is 82.4 Å². The maximum atomic E-state index is 6.42. The Labute approximate surface area is 414 Å². The lowest BCUT2D eigenvalue weighted by Gasteiger charge is -2.28. The first-order valence-electron chi connectivity index (χ1n) is 22.2. The summed E-state index contributed by atoms with van der Waals surface area (Å²) in [6, 6.07) is 26.9. The van der Waals surface area contributed by atoms with Crippen LogP contribution in [0.5, 0.6) is 11.5 Å². The van der Waals surface area contributed by atoms with Crippen LogP contribution in [-0.4, -0.2) is 64.5 Å². The predicted octanol–water partition coefficient (Wildman–Crippen LogP) is 13.2. The van der Waals surface area contributed by atoms with Gasteiger partial charge in [-0.1, -0.05) is 198 Å². The number of unbranched alkanes of at least 4 members (excludes halogenated alkanes) is 4. The van der Waals surface area contributed by atoms with Crippen LogP contribution >= 0.6 is 63.7 Å². The quantitative estimate of drug-likeness (QED) is 0.0577. The van der Waals surface area contributed by atoms with E-state index in [1.807, 2.05) is 0 Å². The summed E-state index contributed by atoms with van der Waals surface area (Å²) in [6.07, 6.45) is 7.01. The maximum absolute atomic E-state index is 6.42. The Kier molecular flexibility index (Phi) is 20.5. The average Bonchev–Trinajstić information content (AvgIpc) is 3.18. The molecule has 0 aliphatic carbocycles. The molecule has 0 aliphatic heterocycles. The van der Waals surface area contributed by atoms with Gasteiger partial charge in [-0.25, -0.2) is 0 Å². The second-order valence-electron chi connectivity index (χ2n) is 19.8. The zero-order valence-corrected chi connectivity index (χ0v) is 52.0. The lowest BCUT2D eigenvalue weighted by molar-refractivity contribution is 0.302. The number of halogens is 4. The van der Waals surface area contributed by atoms with E-state index in [1.54, 1.807) is 31.1 Å². The molecule has 61 heavy (non-hydrogen) atoms. The van der Waals surface area contributed by atoms with Gasteiger partial charge in [-0.05, 0) is 112 Å². The van der Waals surface area contributed by atoms with Crippen LogP contribution in [0.15, 0.2) is 78.6 Å². The third-order valence-electron chi connectivity index (χ3n) is 12.6. The molecule has 0 aliphatic rings. The Bertz CT molecular complexity index is 1840. The number of hydrogen-bond acceptors (Lipinski definition) is 2. The van der Waals surface area contributed by atoms with E-state index in [2.05, 4.69) is 217 Å². The molecule has 0 fully saturated rings. The highest BCUT2D eigenvalue weighted by Gasteiger charge is 2.29. The van der Waals surface area contributed by atoms with Crippen molar-refractivity contribution in [1.82, 2.24) is 0 Å². The molecular formula is C49H72Br4O2Si6. The molecule has 0 heterocycles. The first kappa shape index (κ1) is 53.3. The summed E-state index contributed by atoms with van der Waals surface area (Å²) >= 11 is 15.5. The van der Waals surface area contributed by atoms with Crippen molar-refractivity contribution in [2.45, 2.75) is 148 Å². The normalized spacial score (nSPS) is 12.7. The van der Waals surface area contributed by atoms with E-state index < -0.39 is 51.3 Å². The summed E-state index contributed by atoms with van der Waals surface area (Å²) in [5.41, 5.74) is 2.15.